The molecule has 0 aliphatic carbocycles. The molecule has 4 rings (SSSR count). The number of carbonyl (C=O) groups is 2. The van der Waals surface area contributed by atoms with Crippen LogP contribution in [-0.4, -0.2) is 48.4 Å². The fourth-order valence-electron chi connectivity index (χ4n) is 3.00. The van der Waals surface area contributed by atoms with Gasteiger partial charge in [0.05, 0.1) is 11.1 Å². The Labute approximate surface area is 166 Å². The van der Waals surface area contributed by atoms with Crippen LogP contribution in [0.2, 0.25) is 0 Å². The van der Waals surface area contributed by atoms with Crippen molar-refractivity contribution in [3.05, 3.63) is 71.8 Å². The van der Waals surface area contributed by atoms with Gasteiger partial charge in [-0.05, 0) is 24.3 Å². The third kappa shape index (κ3) is 3.83. The highest BCUT2D eigenvalue weighted by Gasteiger charge is 2.55. The summed E-state index contributed by atoms with van der Waals surface area (Å²) < 4.78 is 27.3. The van der Waals surface area contributed by atoms with Gasteiger partial charge in [0.1, 0.15) is 12.7 Å². The first kappa shape index (κ1) is 18.4. The van der Waals surface area contributed by atoms with E-state index in [1.165, 1.54) is 0 Å². The lowest BCUT2D eigenvalue weighted by molar-refractivity contribution is -0.0972. The maximum Gasteiger partial charge on any atom is 0.355 e. The molecule has 8 heteroatoms. The summed E-state index contributed by atoms with van der Waals surface area (Å²) in [5, 5.41) is -0.0736. The first-order valence-corrected chi connectivity index (χ1v) is 9.03. The van der Waals surface area contributed by atoms with Crippen molar-refractivity contribution in [2.24, 2.45) is 0 Å². The first-order valence-electron chi connectivity index (χ1n) is 8.63. The van der Waals surface area contributed by atoms with Gasteiger partial charge in [0, 0.05) is 12.2 Å². The van der Waals surface area contributed by atoms with Crippen molar-refractivity contribution in [2.75, 3.05) is 6.61 Å². The average Bonchev–Trinajstić information content (AvgIpc) is 3.24. The fraction of sp³-hybridized carbons (Fsp3) is 0.250. The number of fused-ring (bicyclic) bond motifs is 1. The average molecular weight is 400 g/mol. The van der Waals surface area contributed by atoms with E-state index in [2.05, 4.69) is 0 Å². The maximum atomic E-state index is 12.5. The summed E-state index contributed by atoms with van der Waals surface area (Å²) in [6, 6.07) is 17.1. The summed E-state index contributed by atoms with van der Waals surface area (Å²) in [5.74, 6) is -1.05. The highest BCUT2D eigenvalue weighted by molar-refractivity contribution is 7.79. The van der Waals surface area contributed by atoms with Crippen molar-refractivity contribution in [1.29, 1.82) is 0 Å². The summed E-state index contributed by atoms with van der Waals surface area (Å²) >= 11 is 4.89. The Morgan fingerprint density at radius 2 is 1.50 bits per heavy atom. The van der Waals surface area contributed by atoms with Crippen LogP contribution < -0.4 is 0 Å². The van der Waals surface area contributed by atoms with Crippen LogP contribution in [0.4, 0.5) is 0 Å². The quantitative estimate of drug-likeness (QED) is 0.560. The topological polar surface area (TPSA) is 80.3 Å². The molecule has 0 saturated carbocycles. The van der Waals surface area contributed by atoms with Crippen molar-refractivity contribution in [3.63, 3.8) is 0 Å². The van der Waals surface area contributed by atoms with E-state index in [0.29, 0.717) is 11.1 Å². The van der Waals surface area contributed by atoms with Crippen molar-refractivity contribution < 1.29 is 33.3 Å². The zero-order valence-corrected chi connectivity index (χ0v) is 15.4. The van der Waals surface area contributed by atoms with Crippen molar-refractivity contribution in [2.45, 2.75) is 24.6 Å². The summed E-state index contributed by atoms with van der Waals surface area (Å²) in [6.45, 7) is -0.132. The molecule has 0 amide bonds. The molecule has 0 aromatic heterocycles. The van der Waals surface area contributed by atoms with Crippen molar-refractivity contribution >= 4 is 29.4 Å². The van der Waals surface area contributed by atoms with Gasteiger partial charge in [-0.1, -0.05) is 36.4 Å². The summed E-state index contributed by atoms with van der Waals surface area (Å²) in [6.07, 6.45) is -3.14. The first-order chi connectivity index (χ1) is 13.6. The standard InChI is InChI=1S/C20H16O7S/c21-17(12-7-3-1-4-8-12)23-11-14-15(16-19(24-14)27-20(28)26-16)25-18(22)13-9-5-2-6-10-13/h1-10,14-16,19H,11H2/t14-,15-,16-,19-/m1/s1. The van der Waals surface area contributed by atoms with Gasteiger partial charge in [-0.25, -0.2) is 9.59 Å². The molecule has 144 valence electrons. The number of hydrogen-bond acceptors (Lipinski definition) is 8. The Hall–Kier alpha value is -2.97. The minimum absolute atomic E-state index is 0.0736. The van der Waals surface area contributed by atoms with Crippen LogP contribution in [0.25, 0.3) is 0 Å². The lowest BCUT2D eigenvalue weighted by Crippen LogP contribution is -2.39. The number of ether oxygens (including phenoxy) is 5. The Morgan fingerprint density at radius 1 is 0.893 bits per heavy atom. The van der Waals surface area contributed by atoms with E-state index < -0.39 is 36.5 Å². The summed E-state index contributed by atoms with van der Waals surface area (Å²) in [7, 11) is 0. The van der Waals surface area contributed by atoms with E-state index >= 15 is 0 Å². The van der Waals surface area contributed by atoms with Gasteiger partial charge < -0.3 is 23.7 Å². The second kappa shape index (κ2) is 7.95. The second-order valence-corrected chi connectivity index (χ2v) is 6.53. The predicted octanol–water partition coefficient (Wildman–Crippen LogP) is 2.49. The molecule has 2 fully saturated rings. The number of rotatable bonds is 5. The van der Waals surface area contributed by atoms with Crippen LogP contribution in [0.15, 0.2) is 60.7 Å². The molecule has 2 heterocycles. The number of benzene rings is 2. The Morgan fingerprint density at radius 3 is 2.14 bits per heavy atom. The molecular weight excluding hydrogens is 384 g/mol. The van der Waals surface area contributed by atoms with Gasteiger partial charge >= 0.3 is 17.2 Å². The molecule has 0 radical (unpaired) electrons. The van der Waals surface area contributed by atoms with Crippen molar-refractivity contribution in [3.8, 4) is 0 Å². The Kier molecular flexibility index (Phi) is 5.23. The van der Waals surface area contributed by atoms with Gasteiger partial charge in [0.25, 0.3) is 0 Å². The van der Waals surface area contributed by atoms with E-state index in [-0.39, 0.29) is 11.8 Å². The van der Waals surface area contributed by atoms with Crippen LogP contribution in [0.5, 0.6) is 0 Å². The molecule has 0 spiro atoms. The lowest BCUT2D eigenvalue weighted by atomic mass is 10.1. The van der Waals surface area contributed by atoms with E-state index in [9.17, 15) is 9.59 Å². The molecule has 28 heavy (non-hydrogen) atoms. The molecule has 4 atom stereocenters. The number of hydrogen-bond donors (Lipinski definition) is 0. The Balaban J connectivity index is 1.45. The number of thiocarbonyl (C=S) groups is 1. The van der Waals surface area contributed by atoms with Crippen LogP contribution in [-0.2, 0) is 23.7 Å². The molecule has 2 aromatic carbocycles. The van der Waals surface area contributed by atoms with Crippen LogP contribution in [0, 0.1) is 0 Å². The van der Waals surface area contributed by atoms with Crippen LogP contribution >= 0.6 is 12.2 Å². The molecule has 0 bridgehead atoms. The maximum absolute atomic E-state index is 12.5. The van der Waals surface area contributed by atoms with E-state index in [1.54, 1.807) is 60.7 Å². The number of esters is 2. The van der Waals surface area contributed by atoms with E-state index in [1.807, 2.05) is 0 Å². The highest BCUT2D eigenvalue weighted by Crippen LogP contribution is 2.33. The van der Waals surface area contributed by atoms with Gasteiger partial charge in [0.2, 0.25) is 12.4 Å². The minimum Gasteiger partial charge on any atom is -0.459 e. The molecular formula is C20H16O7S. The van der Waals surface area contributed by atoms with Gasteiger partial charge in [0.15, 0.2) is 6.10 Å². The molecule has 2 aliphatic heterocycles. The van der Waals surface area contributed by atoms with Crippen molar-refractivity contribution in [1.82, 2.24) is 0 Å². The molecule has 7 nitrogen and oxygen atoms in total. The third-order valence-electron chi connectivity index (χ3n) is 4.35. The summed E-state index contributed by atoms with van der Waals surface area (Å²) in [4.78, 5) is 24.6. The van der Waals surface area contributed by atoms with Crippen LogP contribution in [0.3, 0.4) is 0 Å². The normalized spacial score (nSPS) is 25.4. The minimum atomic E-state index is -0.846. The molecule has 2 saturated heterocycles. The monoisotopic (exact) mass is 400 g/mol. The predicted molar refractivity (Wildman–Crippen MR) is 99.6 cm³/mol. The molecule has 2 aromatic rings. The largest absolute Gasteiger partial charge is 0.459 e. The third-order valence-corrected chi connectivity index (χ3v) is 4.55. The summed E-state index contributed by atoms with van der Waals surface area (Å²) in [5.41, 5.74) is 0.791. The lowest BCUT2D eigenvalue weighted by Gasteiger charge is -2.21. The van der Waals surface area contributed by atoms with Crippen LogP contribution in [0.1, 0.15) is 20.7 Å². The zero-order valence-electron chi connectivity index (χ0n) is 14.6. The van der Waals surface area contributed by atoms with Gasteiger partial charge in [-0.3, -0.25) is 0 Å². The van der Waals surface area contributed by atoms with E-state index in [4.69, 9.17) is 35.9 Å². The smallest absolute Gasteiger partial charge is 0.355 e. The SMILES string of the molecule is O=C(OC[C@H]1O[C@@H]2OC(=S)O[C@@H]2[C@@H]1OC(=O)c1ccccc1)c1ccccc1. The molecule has 0 N–H and O–H groups in total. The molecule has 2 aliphatic rings. The highest BCUT2D eigenvalue weighted by atomic mass is 32.1. The number of carbonyl (C=O) groups excluding carboxylic acids is 2. The molecule has 0 unspecified atom stereocenters. The van der Waals surface area contributed by atoms with Gasteiger partial charge in [-0.15, -0.1) is 0 Å². The second-order valence-electron chi connectivity index (χ2n) is 6.19. The fourth-order valence-corrected chi connectivity index (χ4v) is 3.21. The van der Waals surface area contributed by atoms with Gasteiger partial charge in [-0.2, -0.15) is 0 Å². The zero-order chi connectivity index (χ0) is 19.5. The van der Waals surface area contributed by atoms with E-state index in [0.717, 1.165) is 0 Å². The Bertz CT molecular complexity index is 871.